The van der Waals surface area contributed by atoms with Crippen molar-refractivity contribution >= 4 is 12.0 Å². The van der Waals surface area contributed by atoms with E-state index in [2.05, 4.69) is 47.3 Å². The number of aryl methyl sites for hydroxylation is 1. The summed E-state index contributed by atoms with van der Waals surface area (Å²) in [6, 6.07) is 18.0. The van der Waals surface area contributed by atoms with Gasteiger partial charge in [-0.15, -0.1) is 0 Å². The minimum Gasteiger partial charge on any atom is -0.476 e. The van der Waals surface area contributed by atoms with Crippen molar-refractivity contribution in [2.24, 2.45) is 0 Å². The number of hydrogen-bond acceptors (Lipinski definition) is 4. The highest BCUT2D eigenvalue weighted by Crippen LogP contribution is 2.23. The van der Waals surface area contributed by atoms with E-state index >= 15 is 0 Å². The molecule has 0 bridgehead atoms. The number of nitrogens with zero attached hydrogens (tertiary/aromatic N) is 4. The third-order valence-corrected chi connectivity index (χ3v) is 5.81. The summed E-state index contributed by atoms with van der Waals surface area (Å²) in [7, 11) is 0. The second kappa shape index (κ2) is 8.73. The Balaban J connectivity index is 1.40. The first-order valence-electron chi connectivity index (χ1n) is 10.4. The number of aromatic nitrogens is 2. The van der Waals surface area contributed by atoms with Gasteiger partial charge in [0.1, 0.15) is 0 Å². The molecule has 1 saturated heterocycles. The lowest BCUT2D eigenvalue weighted by Crippen LogP contribution is -2.54. The summed E-state index contributed by atoms with van der Waals surface area (Å²) in [4.78, 5) is 27.9. The molecule has 0 saturated carbocycles. The van der Waals surface area contributed by atoms with E-state index in [-0.39, 0.29) is 17.8 Å². The molecule has 1 aromatic heterocycles. The summed E-state index contributed by atoms with van der Waals surface area (Å²) >= 11 is 0. The summed E-state index contributed by atoms with van der Waals surface area (Å²) < 4.78 is 1.11. The number of carboxylic acid groups (broad SMARTS) is 1. The molecular weight excluding hydrogens is 392 g/mol. The van der Waals surface area contributed by atoms with Crippen molar-refractivity contribution in [3.63, 3.8) is 0 Å². The molecule has 1 aliphatic rings. The van der Waals surface area contributed by atoms with Gasteiger partial charge >= 0.3 is 12.0 Å². The summed E-state index contributed by atoms with van der Waals surface area (Å²) in [5, 5.41) is 12.9. The van der Waals surface area contributed by atoms with Crippen LogP contribution in [0, 0.1) is 6.92 Å². The highest BCUT2D eigenvalue weighted by Gasteiger charge is 2.29. The lowest BCUT2D eigenvalue weighted by Gasteiger charge is -2.39. The van der Waals surface area contributed by atoms with Crippen molar-refractivity contribution in [1.29, 1.82) is 0 Å². The van der Waals surface area contributed by atoms with Gasteiger partial charge in [0, 0.05) is 38.4 Å². The summed E-state index contributed by atoms with van der Waals surface area (Å²) in [5.74, 6) is -1.14. The summed E-state index contributed by atoms with van der Waals surface area (Å²) in [6.45, 7) is 7.06. The predicted molar refractivity (Wildman–Crippen MR) is 118 cm³/mol. The number of hydrogen-bond donors (Lipinski definition) is 1. The van der Waals surface area contributed by atoms with Gasteiger partial charge in [0.05, 0.1) is 0 Å². The number of amides is 1. The second-order valence-electron chi connectivity index (χ2n) is 8.02. The second-order valence-corrected chi connectivity index (χ2v) is 8.02. The Morgan fingerprint density at radius 1 is 1.06 bits per heavy atom. The Morgan fingerprint density at radius 2 is 1.84 bits per heavy atom. The molecule has 0 spiro atoms. The summed E-state index contributed by atoms with van der Waals surface area (Å²) in [5.41, 5.74) is 4.83. The monoisotopic (exact) mass is 418 g/mol. The first kappa shape index (κ1) is 20.8. The molecule has 1 aliphatic heterocycles. The maximum Gasteiger partial charge on any atom is 0.356 e. The number of carbonyl (C=O) groups is 2. The van der Waals surface area contributed by atoms with Crippen LogP contribution in [0.15, 0.2) is 60.8 Å². The van der Waals surface area contributed by atoms with E-state index in [4.69, 9.17) is 5.11 Å². The molecule has 1 atom stereocenters. The molecule has 2 heterocycles. The van der Waals surface area contributed by atoms with Gasteiger partial charge in [-0.1, -0.05) is 48.5 Å². The predicted octanol–water partition coefficient (Wildman–Crippen LogP) is 3.73. The molecule has 3 aromatic rings. The zero-order valence-corrected chi connectivity index (χ0v) is 17.7. The molecule has 2 aromatic carbocycles. The lowest BCUT2D eigenvalue weighted by molar-refractivity contribution is 0.0689. The van der Waals surface area contributed by atoms with Gasteiger partial charge in [-0.05, 0) is 42.2 Å². The van der Waals surface area contributed by atoms with Crippen LogP contribution in [0.1, 0.15) is 28.5 Å². The smallest absolute Gasteiger partial charge is 0.356 e. The van der Waals surface area contributed by atoms with E-state index < -0.39 is 5.97 Å². The van der Waals surface area contributed by atoms with Crippen LogP contribution in [-0.4, -0.2) is 62.4 Å². The third kappa shape index (κ3) is 4.51. The molecule has 7 nitrogen and oxygen atoms in total. The Labute approximate surface area is 181 Å². The summed E-state index contributed by atoms with van der Waals surface area (Å²) in [6.07, 6.45) is 1.41. The van der Waals surface area contributed by atoms with E-state index in [0.717, 1.165) is 24.3 Å². The molecule has 4 rings (SSSR count). The highest BCUT2D eigenvalue weighted by atomic mass is 16.4. The maximum atomic E-state index is 12.8. The van der Waals surface area contributed by atoms with Crippen molar-refractivity contribution < 1.29 is 14.7 Å². The van der Waals surface area contributed by atoms with E-state index in [1.807, 2.05) is 25.1 Å². The van der Waals surface area contributed by atoms with E-state index in [1.54, 1.807) is 4.90 Å². The first-order chi connectivity index (χ1) is 14.9. The fourth-order valence-electron chi connectivity index (χ4n) is 4.06. The van der Waals surface area contributed by atoms with Crippen LogP contribution in [0.4, 0.5) is 4.79 Å². The maximum absolute atomic E-state index is 12.8. The quantitative estimate of drug-likeness (QED) is 0.698. The number of benzene rings is 2. The fraction of sp³-hybridized carbons (Fsp3) is 0.292. The van der Waals surface area contributed by atoms with Gasteiger partial charge in [-0.3, -0.25) is 4.90 Å². The lowest BCUT2D eigenvalue weighted by atomic mass is 9.99. The van der Waals surface area contributed by atoms with Crippen molar-refractivity contribution in [3.05, 3.63) is 77.6 Å². The Kier molecular flexibility index (Phi) is 5.86. The molecule has 0 aliphatic carbocycles. The molecule has 1 fully saturated rings. The molecule has 1 unspecified atom stereocenters. The van der Waals surface area contributed by atoms with Crippen LogP contribution >= 0.6 is 0 Å². The van der Waals surface area contributed by atoms with Crippen LogP contribution in [0.3, 0.4) is 0 Å². The van der Waals surface area contributed by atoms with E-state index in [9.17, 15) is 9.59 Å². The molecule has 160 valence electrons. The molecular formula is C24H26N4O3. The minimum atomic E-state index is -1.14. The molecule has 1 amide bonds. The van der Waals surface area contributed by atoms with Crippen LogP contribution in [0.25, 0.3) is 11.1 Å². The van der Waals surface area contributed by atoms with Crippen LogP contribution in [0.5, 0.6) is 0 Å². The fourth-order valence-corrected chi connectivity index (χ4v) is 4.06. The zero-order chi connectivity index (χ0) is 22.0. The van der Waals surface area contributed by atoms with E-state index in [1.165, 1.54) is 34.5 Å². The third-order valence-electron chi connectivity index (χ3n) is 5.81. The van der Waals surface area contributed by atoms with Crippen molar-refractivity contribution in [1.82, 2.24) is 19.6 Å². The topological polar surface area (TPSA) is 78.7 Å². The van der Waals surface area contributed by atoms with Gasteiger partial charge in [-0.25, -0.2) is 9.59 Å². The SMILES string of the molecule is Cc1cc(-c2ccccc2)ccc1CN1CCN(C(=O)n2ccc(C(=O)O)n2)C(C)C1. The average molecular weight is 418 g/mol. The number of aromatic carboxylic acids is 1. The van der Waals surface area contributed by atoms with Crippen molar-refractivity contribution in [2.75, 3.05) is 19.6 Å². The van der Waals surface area contributed by atoms with Crippen molar-refractivity contribution in [2.45, 2.75) is 26.4 Å². The van der Waals surface area contributed by atoms with Crippen LogP contribution < -0.4 is 0 Å². The normalized spacial score (nSPS) is 17.0. The van der Waals surface area contributed by atoms with Gasteiger partial charge < -0.3 is 10.0 Å². The number of carboxylic acids is 1. The molecule has 31 heavy (non-hydrogen) atoms. The van der Waals surface area contributed by atoms with Gasteiger partial charge in [0.15, 0.2) is 5.69 Å². The average Bonchev–Trinajstić information content (AvgIpc) is 3.26. The highest BCUT2D eigenvalue weighted by molar-refractivity contribution is 5.86. The number of piperazine rings is 1. The molecule has 1 N–H and O–H groups in total. The van der Waals surface area contributed by atoms with Gasteiger partial charge in [0.25, 0.3) is 0 Å². The number of rotatable bonds is 4. The standard InChI is InChI=1S/C24H26N4O3/c1-17-14-20(19-6-4-3-5-7-19)8-9-21(17)16-26-12-13-27(18(2)15-26)24(31)28-11-10-22(25-28)23(29)30/h3-11,14,18H,12-13,15-16H2,1-2H3,(H,29,30). The molecule has 7 heteroatoms. The van der Waals surface area contributed by atoms with Gasteiger partial charge in [-0.2, -0.15) is 9.78 Å². The largest absolute Gasteiger partial charge is 0.476 e. The zero-order valence-electron chi connectivity index (χ0n) is 17.7. The van der Waals surface area contributed by atoms with E-state index in [0.29, 0.717) is 6.54 Å². The Hall–Kier alpha value is -3.45. The molecule has 0 radical (unpaired) electrons. The first-order valence-corrected chi connectivity index (χ1v) is 10.4. The van der Waals surface area contributed by atoms with Gasteiger partial charge in [0.2, 0.25) is 0 Å². The van der Waals surface area contributed by atoms with Crippen LogP contribution in [0.2, 0.25) is 0 Å². The Morgan fingerprint density at radius 3 is 2.48 bits per heavy atom. The number of carbonyl (C=O) groups excluding carboxylic acids is 1. The van der Waals surface area contributed by atoms with Crippen LogP contribution in [-0.2, 0) is 6.54 Å². The Bertz CT molecular complexity index is 1090. The minimum absolute atomic E-state index is 0.00243. The van der Waals surface area contributed by atoms with Crippen molar-refractivity contribution in [3.8, 4) is 11.1 Å².